The number of carbonyl (C=O) groups excluding carboxylic acids is 3. The third-order valence-electron chi connectivity index (χ3n) is 5.54. The van der Waals surface area contributed by atoms with E-state index in [0.29, 0.717) is 12.0 Å². The molecule has 0 fully saturated rings. The van der Waals surface area contributed by atoms with Crippen molar-refractivity contribution < 1.29 is 34.2 Å². The van der Waals surface area contributed by atoms with Gasteiger partial charge in [-0.1, -0.05) is 32.0 Å². The number of aliphatic carboxylic acids is 2. The number of nitrogens with one attached hydrogen (secondary N) is 4. The van der Waals surface area contributed by atoms with Gasteiger partial charge in [0.25, 0.3) is 0 Å². The van der Waals surface area contributed by atoms with Crippen LogP contribution in [0.2, 0.25) is 0 Å². The highest BCUT2D eigenvalue weighted by Gasteiger charge is 2.30. The fourth-order valence-electron chi connectivity index (χ4n) is 3.67. The molecule has 0 bridgehead atoms. The van der Waals surface area contributed by atoms with E-state index in [1.54, 1.807) is 12.3 Å². The summed E-state index contributed by atoms with van der Waals surface area (Å²) in [7, 11) is 0. The molecule has 12 heteroatoms. The average Bonchev–Trinajstić information content (AvgIpc) is 3.19. The van der Waals surface area contributed by atoms with Gasteiger partial charge in [-0.15, -0.1) is 0 Å². The first-order valence-electron chi connectivity index (χ1n) is 11.5. The molecule has 0 aliphatic carbocycles. The summed E-state index contributed by atoms with van der Waals surface area (Å²) in [5.74, 6) is -4.84. The van der Waals surface area contributed by atoms with Crippen LogP contribution in [0.15, 0.2) is 30.5 Å². The lowest BCUT2D eigenvalue weighted by atomic mass is 10.0. The number of carboxylic acids is 2. The SMILES string of the molecule is CC(C)CC(N)C(=O)NC(C)C(=O)NC(Cc1c[nH]c2ccccc12)C(=O)NC(CC(=O)O)C(=O)O. The Morgan fingerprint density at radius 3 is 2.17 bits per heavy atom. The molecule has 1 heterocycles. The second kappa shape index (κ2) is 12.7. The van der Waals surface area contributed by atoms with Gasteiger partial charge < -0.3 is 36.9 Å². The van der Waals surface area contributed by atoms with Gasteiger partial charge in [0, 0.05) is 23.5 Å². The quantitative estimate of drug-likeness (QED) is 0.199. The third kappa shape index (κ3) is 8.08. The zero-order valence-corrected chi connectivity index (χ0v) is 20.4. The van der Waals surface area contributed by atoms with E-state index >= 15 is 0 Å². The molecule has 12 nitrogen and oxygen atoms in total. The van der Waals surface area contributed by atoms with Crippen LogP contribution in [0, 0.1) is 5.92 Å². The van der Waals surface area contributed by atoms with E-state index in [-0.39, 0.29) is 12.3 Å². The molecule has 1 aromatic heterocycles. The van der Waals surface area contributed by atoms with Crippen LogP contribution in [-0.4, -0.2) is 69.0 Å². The zero-order chi connectivity index (χ0) is 27.0. The first-order chi connectivity index (χ1) is 16.9. The molecule has 4 atom stereocenters. The number of carbonyl (C=O) groups is 5. The van der Waals surface area contributed by atoms with Gasteiger partial charge in [-0.05, 0) is 30.9 Å². The summed E-state index contributed by atoms with van der Waals surface area (Å²) in [4.78, 5) is 63.7. The first-order valence-corrected chi connectivity index (χ1v) is 11.5. The summed E-state index contributed by atoms with van der Waals surface area (Å²) < 4.78 is 0. The number of amides is 3. The molecule has 3 amide bonds. The van der Waals surface area contributed by atoms with E-state index in [1.165, 1.54) is 6.92 Å². The third-order valence-corrected chi connectivity index (χ3v) is 5.54. The van der Waals surface area contributed by atoms with Crippen molar-refractivity contribution in [2.24, 2.45) is 11.7 Å². The highest BCUT2D eigenvalue weighted by molar-refractivity contribution is 5.95. The van der Waals surface area contributed by atoms with Gasteiger partial charge in [0.1, 0.15) is 18.1 Å². The number of nitrogens with two attached hydrogens (primary N) is 1. The Balaban J connectivity index is 2.21. The fraction of sp³-hybridized carbons (Fsp3) is 0.458. The van der Waals surface area contributed by atoms with E-state index < -0.39 is 60.2 Å². The first kappa shape index (κ1) is 28.3. The predicted molar refractivity (Wildman–Crippen MR) is 131 cm³/mol. The molecule has 0 radical (unpaired) electrons. The molecule has 2 rings (SSSR count). The van der Waals surface area contributed by atoms with Crippen LogP contribution in [0.25, 0.3) is 10.9 Å². The van der Waals surface area contributed by atoms with E-state index in [0.717, 1.165) is 10.9 Å². The van der Waals surface area contributed by atoms with Crippen LogP contribution in [0.5, 0.6) is 0 Å². The van der Waals surface area contributed by atoms with E-state index in [9.17, 15) is 29.1 Å². The van der Waals surface area contributed by atoms with Crippen molar-refractivity contribution in [3.8, 4) is 0 Å². The van der Waals surface area contributed by atoms with Crippen molar-refractivity contribution in [3.05, 3.63) is 36.0 Å². The zero-order valence-electron chi connectivity index (χ0n) is 20.4. The largest absolute Gasteiger partial charge is 0.481 e. The van der Waals surface area contributed by atoms with Crippen LogP contribution in [-0.2, 0) is 30.4 Å². The number of rotatable bonds is 13. The normalized spacial score (nSPS) is 14.5. The number of aromatic amines is 1. The average molecular weight is 504 g/mol. The monoisotopic (exact) mass is 503 g/mol. The Morgan fingerprint density at radius 2 is 1.56 bits per heavy atom. The van der Waals surface area contributed by atoms with Crippen molar-refractivity contribution in [3.63, 3.8) is 0 Å². The summed E-state index contributed by atoms with van der Waals surface area (Å²) in [6, 6.07) is 2.49. The number of hydrogen-bond donors (Lipinski definition) is 7. The molecule has 0 aliphatic heterocycles. The molecule has 2 aromatic rings. The van der Waals surface area contributed by atoms with Crippen molar-refractivity contribution in [1.29, 1.82) is 0 Å². The maximum absolute atomic E-state index is 13.0. The number of aromatic nitrogens is 1. The lowest BCUT2D eigenvalue weighted by Crippen LogP contribution is -2.57. The maximum atomic E-state index is 13.0. The Kier molecular flexibility index (Phi) is 9.97. The van der Waals surface area contributed by atoms with E-state index in [1.807, 2.05) is 32.0 Å². The topological polar surface area (TPSA) is 204 Å². The fourth-order valence-corrected chi connectivity index (χ4v) is 3.67. The molecule has 1 aromatic carbocycles. The lowest BCUT2D eigenvalue weighted by molar-refractivity contribution is -0.147. The minimum absolute atomic E-state index is 0.0193. The number of para-hydroxylation sites is 1. The van der Waals surface area contributed by atoms with Crippen LogP contribution >= 0.6 is 0 Å². The summed E-state index contributed by atoms with van der Waals surface area (Å²) in [6.07, 6.45) is 1.23. The molecular formula is C24H33N5O7. The second-order valence-corrected chi connectivity index (χ2v) is 9.09. The van der Waals surface area contributed by atoms with Gasteiger partial charge in [0.15, 0.2) is 0 Å². The van der Waals surface area contributed by atoms with Crippen LogP contribution in [0.1, 0.15) is 39.2 Å². The summed E-state index contributed by atoms with van der Waals surface area (Å²) in [5.41, 5.74) is 7.34. The minimum atomic E-state index is -1.69. The molecule has 4 unspecified atom stereocenters. The molecule has 0 spiro atoms. The molecule has 0 saturated heterocycles. The smallest absolute Gasteiger partial charge is 0.326 e. The van der Waals surface area contributed by atoms with E-state index in [4.69, 9.17) is 10.8 Å². The van der Waals surface area contributed by atoms with Gasteiger partial charge >= 0.3 is 11.9 Å². The predicted octanol–water partition coefficient (Wildman–Crippen LogP) is 0.117. The highest BCUT2D eigenvalue weighted by Crippen LogP contribution is 2.19. The molecule has 196 valence electrons. The number of benzene rings is 1. The lowest BCUT2D eigenvalue weighted by Gasteiger charge is -2.23. The maximum Gasteiger partial charge on any atom is 0.326 e. The van der Waals surface area contributed by atoms with Crippen molar-refractivity contribution in [2.45, 2.75) is 64.2 Å². The van der Waals surface area contributed by atoms with Crippen LogP contribution in [0.4, 0.5) is 0 Å². The van der Waals surface area contributed by atoms with E-state index in [2.05, 4.69) is 20.9 Å². The van der Waals surface area contributed by atoms with Crippen LogP contribution < -0.4 is 21.7 Å². The minimum Gasteiger partial charge on any atom is -0.481 e. The van der Waals surface area contributed by atoms with Gasteiger partial charge in [-0.2, -0.15) is 0 Å². The van der Waals surface area contributed by atoms with Gasteiger partial charge in [0.05, 0.1) is 12.5 Å². The summed E-state index contributed by atoms with van der Waals surface area (Å²) >= 11 is 0. The van der Waals surface area contributed by atoms with Crippen LogP contribution in [0.3, 0.4) is 0 Å². The Morgan fingerprint density at radius 1 is 0.917 bits per heavy atom. The van der Waals surface area contributed by atoms with Gasteiger partial charge in [-0.25, -0.2) is 4.79 Å². The number of fused-ring (bicyclic) bond motifs is 1. The Labute approximate surface area is 208 Å². The Bertz CT molecular complexity index is 1110. The number of carboxylic acid groups (broad SMARTS) is 2. The molecular weight excluding hydrogens is 470 g/mol. The molecule has 0 aliphatic rings. The number of hydrogen-bond acceptors (Lipinski definition) is 6. The summed E-state index contributed by atoms with van der Waals surface area (Å²) in [6.45, 7) is 5.25. The van der Waals surface area contributed by atoms with Crippen molar-refractivity contribution >= 4 is 40.6 Å². The molecule has 36 heavy (non-hydrogen) atoms. The second-order valence-electron chi connectivity index (χ2n) is 9.09. The molecule has 0 saturated carbocycles. The van der Waals surface area contributed by atoms with Gasteiger partial charge in [0.2, 0.25) is 17.7 Å². The molecule has 8 N–H and O–H groups in total. The van der Waals surface area contributed by atoms with Crippen molar-refractivity contribution in [2.75, 3.05) is 0 Å². The van der Waals surface area contributed by atoms with Gasteiger partial charge in [-0.3, -0.25) is 19.2 Å². The standard InChI is InChI=1S/C24H33N5O7/c1-12(2)8-16(25)22(33)27-13(3)21(32)28-18(23(34)29-19(24(35)36)10-20(30)31)9-14-11-26-17-7-5-4-6-15(14)17/h4-7,11-13,16,18-19,26H,8-10,25H2,1-3H3,(H,27,33)(H,28,32)(H,29,34)(H,30,31)(H,35,36). The summed E-state index contributed by atoms with van der Waals surface area (Å²) in [5, 5.41) is 26.3. The Hall–Kier alpha value is -3.93. The van der Waals surface area contributed by atoms with Crippen molar-refractivity contribution in [1.82, 2.24) is 20.9 Å². The highest BCUT2D eigenvalue weighted by atomic mass is 16.4. The number of H-pyrrole nitrogens is 1.